The lowest BCUT2D eigenvalue weighted by molar-refractivity contribution is -0.305. The summed E-state index contributed by atoms with van der Waals surface area (Å²) < 4.78 is 31.0. The first-order valence-electron chi connectivity index (χ1n) is 11.6. The number of ether oxygens (including phenoxy) is 6. The summed E-state index contributed by atoms with van der Waals surface area (Å²) in [5, 5.41) is 45.3. The zero-order valence-electron chi connectivity index (χ0n) is 20.7. The standard InChI is InChI=1S/C23H22N4O14/c28-20(29)37-10-15-16(39-21(30)31)17(40-22(32)33)18(41-23(34)35)19(38-15)36-9-13-8-27(26-25-13)7-12-6-5-11-3-1-2-4-14(11)24-12/h1-6,8,15-19H,7,9-10H2,(H,28,29)(H,30,31)(H,32,33)(H,34,35)/t15?,16?,17-,18-,19+/m0/s1. The van der Waals surface area contributed by atoms with Crippen molar-refractivity contribution >= 4 is 35.5 Å². The molecule has 1 saturated heterocycles. The van der Waals surface area contributed by atoms with Crippen LogP contribution in [0.3, 0.4) is 0 Å². The maximum absolute atomic E-state index is 11.4. The predicted molar refractivity (Wildman–Crippen MR) is 127 cm³/mol. The van der Waals surface area contributed by atoms with E-state index in [9.17, 15) is 29.4 Å². The van der Waals surface area contributed by atoms with Crippen LogP contribution in [-0.4, -0.2) is 102 Å². The van der Waals surface area contributed by atoms with Gasteiger partial charge in [-0.2, -0.15) is 0 Å². The van der Waals surface area contributed by atoms with Gasteiger partial charge in [0.1, 0.15) is 18.4 Å². The van der Waals surface area contributed by atoms with Crippen LogP contribution in [0.15, 0.2) is 42.6 Å². The van der Waals surface area contributed by atoms with Crippen molar-refractivity contribution in [2.75, 3.05) is 6.61 Å². The molecule has 3 aromatic rings. The summed E-state index contributed by atoms with van der Waals surface area (Å²) >= 11 is 0. The topological polar surface area (TPSA) is 248 Å². The number of carboxylic acid groups (broad SMARTS) is 4. The van der Waals surface area contributed by atoms with Gasteiger partial charge >= 0.3 is 24.6 Å². The molecule has 4 rings (SSSR count). The molecule has 18 heteroatoms. The van der Waals surface area contributed by atoms with Gasteiger partial charge in [-0.25, -0.2) is 23.9 Å². The Kier molecular flexibility index (Phi) is 8.95. The first kappa shape index (κ1) is 28.8. The smallest absolute Gasteiger partial charge is 0.450 e. The first-order chi connectivity index (χ1) is 19.6. The Morgan fingerprint density at radius 3 is 2.22 bits per heavy atom. The van der Waals surface area contributed by atoms with Crippen LogP contribution >= 0.6 is 0 Å². The van der Waals surface area contributed by atoms with E-state index in [0.29, 0.717) is 5.69 Å². The minimum atomic E-state index is -1.98. The largest absolute Gasteiger partial charge is 0.506 e. The number of aromatic nitrogens is 4. The highest BCUT2D eigenvalue weighted by Gasteiger charge is 2.54. The molecule has 0 saturated carbocycles. The molecule has 0 aliphatic carbocycles. The number of hydrogen-bond acceptors (Lipinski definition) is 13. The molecule has 218 valence electrons. The fourth-order valence-corrected chi connectivity index (χ4v) is 4.06. The Bertz CT molecular complexity index is 1410. The van der Waals surface area contributed by atoms with Gasteiger partial charge in [-0.15, -0.1) is 5.10 Å². The molecule has 41 heavy (non-hydrogen) atoms. The van der Waals surface area contributed by atoms with Gasteiger partial charge < -0.3 is 48.8 Å². The fraction of sp³-hybridized carbons (Fsp3) is 0.348. The molecule has 4 N–H and O–H groups in total. The highest BCUT2D eigenvalue weighted by atomic mass is 16.8. The highest BCUT2D eigenvalue weighted by molar-refractivity contribution is 5.78. The Balaban J connectivity index is 1.51. The van der Waals surface area contributed by atoms with Gasteiger partial charge in [-0.3, -0.25) is 4.98 Å². The quantitative estimate of drug-likeness (QED) is 0.198. The molecule has 0 spiro atoms. The molecule has 5 atom stereocenters. The van der Waals surface area contributed by atoms with E-state index in [1.807, 2.05) is 36.4 Å². The number of hydrogen-bond donors (Lipinski definition) is 4. The molecule has 0 amide bonds. The summed E-state index contributed by atoms with van der Waals surface area (Å²) in [7, 11) is 0. The molecule has 0 bridgehead atoms. The lowest BCUT2D eigenvalue weighted by Crippen LogP contribution is -2.63. The number of pyridine rings is 1. The Labute approximate surface area is 228 Å². The molecular formula is C23H22N4O14. The molecule has 1 fully saturated rings. The number of benzene rings is 1. The zero-order chi connectivity index (χ0) is 29.5. The summed E-state index contributed by atoms with van der Waals surface area (Å²) in [6.45, 7) is -0.993. The van der Waals surface area contributed by atoms with Gasteiger partial charge in [0, 0.05) is 5.39 Å². The van der Waals surface area contributed by atoms with Crippen molar-refractivity contribution in [2.45, 2.75) is 43.9 Å². The minimum Gasteiger partial charge on any atom is -0.450 e. The predicted octanol–water partition coefficient (Wildman–Crippen LogP) is 2.00. The van der Waals surface area contributed by atoms with E-state index in [0.717, 1.165) is 10.9 Å². The van der Waals surface area contributed by atoms with Crippen LogP contribution in [0.2, 0.25) is 0 Å². The monoisotopic (exact) mass is 578 g/mol. The number of fused-ring (bicyclic) bond motifs is 1. The average Bonchev–Trinajstić information content (AvgIpc) is 3.35. The van der Waals surface area contributed by atoms with Gasteiger partial charge in [-0.1, -0.05) is 29.5 Å². The zero-order valence-corrected chi connectivity index (χ0v) is 20.7. The van der Waals surface area contributed by atoms with Crippen molar-refractivity contribution in [1.29, 1.82) is 0 Å². The lowest BCUT2D eigenvalue weighted by atomic mass is 9.98. The van der Waals surface area contributed by atoms with Crippen LogP contribution in [-0.2, 0) is 41.6 Å². The Morgan fingerprint density at radius 1 is 0.829 bits per heavy atom. The molecule has 1 aromatic carbocycles. The summed E-state index contributed by atoms with van der Waals surface area (Å²) in [5.74, 6) is 0. The van der Waals surface area contributed by atoms with Gasteiger partial charge in [0.05, 0.1) is 30.6 Å². The maximum atomic E-state index is 11.4. The SMILES string of the molecule is O=C(O)OCC1O[C@@H](OCc2cn(Cc3ccc4ccccc4n3)nn2)[C@@H](OC(=O)O)[C@@H](OC(=O)O)C1OC(=O)O. The van der Waals surface area contributed by atoms with E-state index in [1.54, 1.807) is 0 Å². The van der Waals surface area contributed by atoms with Gasteiger partial charge in [0.2, 0.25) is 0 Å². The molecule has 3 heterocycles. The van der Waals surface area contributed by atoms with Crippen molar-refractivity contribution in [3.63, 3.8) is 0 Å². The Morgan fingerprint density at radius 2 is 1.51 bits per heavy atom. The van der Waals surface area contributed by atoms with Crippen molar-refractivity contribution in [3.8, 4) is 0 Å². The molecule has 18 nitrogen and oxygen atoms in total. The third-order valence-corrected chi connectivity index (χ3v) is 5.63. The number of para-hydroxylation sites is 1. The molecule has 2 unspecified atom stereocenters. The second-order valence-electron chi connectivity index (χ2n) is 8.38. The van der Waals surface area contributed by atoms with Gasteiger partial charge in [0.15, 0.2) is 24.6 Å². The van der Waals surface area contributed by atoms with Crippen molar-refractivity contribution in [1.82, 2.24) is 20.0 Å². The molecular weight excluding hydrogens is 556 g/mol. The van der Waals surface area contributed by atoms with Crippen LogP contribution in [0.25, 0.3) is 10.9 Å². The summed E-state index contributed by atoms with van der Waals surface area (Å²) in [6.07, 6.45) is -15.2. The third kappa shape index (κ3) is 7.67. The average molecular weight is 578 g/mol. The summed E-state index contributed by atoms with van der Waals surface area (Å²) in [5.41, 5.74) is 1.70. The normalized spacial score (nSPS) is 22.0. The van der Waals surface area contributed by atoms with E-state index in [1.165, 1.54) is 10.9 Å². The third-order valence-electron chi connectivity index (χ3n) is 5.63. The van der Waals surface area contributed by atoms with E-state index in [4.69, 9.17) is 24.4 Å². The van der Waals surface area contributed by atoms with Gasteiger partial charge in [-0.05, 0) is 12.1 Å². The highest BCUT2D eigenvalue weighted by Crippen LogP contribution is 2.30. The van der Waals surface area contributed by atoms with Crippen LogP contribution in [0.1, 0.15) is 11.4 Å². The molecule has 2 aromatic heterocycles. The maximum Gasteiger partial charge on any atom is 0.506 e. The van der Waals surface area contributed by atoms with Crippen molar-refractivity contribution in [2.24, 2.45) is 0 Å². The van der Waals surface area contributed by atoms with E-state index in [-0.39, 0.29) is 18.8 Å². The second-order valence-corrected chi connectivity index (χ2v) is 8.38. The number of rotatable bonds is 10. The van der Waals surface area contributed by atoms with Crippen molar-refractivity contribution in [3.05, 3.63) is 54.0 Å². The van der Waals surface area contributed by atoms with E-state index < -0.39 is 61.9 Å². The Hall–Kier alpha value is -5.23. The van der Waals surface area contributed by atoms with Crippen molar-refractivity contribution < 1.29 is 68.0 Å². The minimum absolute atomic E-state index is 0.224. The van der Waals surface area contributed by atoms with Crippen LogP contribution < -0.4 is 0 Å². The summed E-state index contributed by atoms with van der Waals surface area (Å²) in [4.78, 5) is 49.4. The number of nitrogens with zero attached hydrogens (tertiary/aromatic N) is 4. The van der Waals surface area contributed by atoms with Gasteiger partial charge in [0.25, 0.3) is 0 Å². The molecule has 0 radical (unpaired) electrons. The van der Waals surface area contributed by atoms with Crippen LogP contribution in [0.4, 0.5) is 19.2 Å². The van der Waals surface area contributed by atoms with E-state index in [2.05, 4.69) is 29.5 Å². The van der Waals surface area contributed by atoms with Crippen LogP contribution in [0, 0.1) is 0 Å². The second kappa shape index (κ2) is 12.7. The van der Waals surface area contributed by atoms with Crippen LogP contribution in [0.5, 0.6) is 0 Å². The first-order valence-corrected chi connectivity index (χ1v) is 11.6. The summed E-state index contributed by atoms with van der Waals surface area (Å²) in [6, 6.07) is 11.3. The molecule has 1 aliphatic rings. The fourth-order valence-electron chi connectivity index (χ4n) is 4.06. The van der Waals surface area contributed by atoms with E-state index >= 15 is 0 Å². The number of carbonyl (C=O) groups is 4. The lowest BCUT2D eigenvalue weighted by Gasteiger charge is -2.42. The molecule has 1 aliphatic heterocycles.